The van der Waals surface area contributed by atoms with Gasteiger partial charge in [-0.25, -0.2) is 0 Å². The second kappa shape index (κ2) is 7.09. The van der Waals surface area contributed by atoms with Crippen LogP contribution in [0.25, 0.3) is 0 Å². The SMILES string of the molecule is O=C(c1cc(Cl)cc([N+](=O)[O-])c1)N(CCCl)C1CCCC1. The molecule has 1 aliphatic carbocycles. The van der Waals surface area contributed by atoms with E-state index in [2.05, 4.69) is 0 Å². The van der Waals surface area contributed by atoms with Gasteiger partial charge >= 0.3 is 0 Å². The van der Waals surface area contributed by atoms with Gasteiger partial charge in [-0.05, 0) is 18.9 Å². The number of carbonyl (C=O) groups excluding carboxylic acids is 1. The van der Waals surface area contributed by atoms with Crippen LogP contribution in [0.4, 0.5) is 5.69 Å². The standard InChI is InChI=1S/C14H16Cl2N2O3/c15-5-6-17(12-3-1-2-4-12)14(19)10-7-11(16)9-13(8-10)18(20)21/h7-9,12H,1-6H2. The zero-order valence-electron chi connectivity index (χ0n) is 11.4. The molecule has 1 fully saturated rings. The summed E-state index contributed by atoms with van der Waals surface area (Å²) in [5.41, 5.74) is 0.0642. The van der Waals surface area contributed by atoms with Gasteiger partial charge in [-0.3, -0.25) is 14.9 Å². The minimum atomic E-state index is -0.551. The van der Waals surface area contributed by atoms with E-state index in [0.717, 1.165) is 25.7 Å². The summed E-state index contributed by atoms with van der Waals surface area (Å²) in [6.07, 6.45) is 4.08. The average Bonchev–Trinajstić information content (AvgIpc) is 2.97. The number of hydrogen-bond donors (Lipinski definition) is 0. The van der Waals surface area contributed by atoms with Crippen molar-refractivity contribution in [2.45, 2.75) is 31.7 Å². The summed E-state index contributed by atoms with van der Waals surface area (Å²) in [7, 11) is 0. The van der Waals surface area contributed by atoms with Crippen LogP contribution in [0.1, 0.15) is 36.0 Å². The number of alkyl halides is 1. The first-order valence-corrected chi connectivity index (χ1v) is 7.76. The van der Waals surface area contributed by atoms with Crippen molar-refractivity contribution in [1.82, 2.24) is 4.90 Å². The Labute approximate surface area is 133 Å². The quantitative estimate of drug-likeness (QED) is 0.467. The highest BCUT2D eigenvalue weighted by Crippen LogP contribution is 2.27. The van der Waals surface area contributed by atoms with E-state index < -0.39 is 4.92 Å². The molecule has 1 aliphatic rings. The van der Waals surface area contributed by atoms with Gasteiger partial charge < -0.3 is 4.90 Å². The molecule has 7 heteroatoms. The van der Waals surface area contributed by atoms with Crippen molar-refractivity contribution in [3.05, 3.63) is 38.9 Å². The van der Waals surface area contributed by atoms with Crippen LogP contribution in [-0.2, 0) is 0 Å². The molecular weight excluding hydrogens is 315 g/mol. The topological polar surface area (TPSA) is 63.4 Å². The monoisotopic (exact) mass is 330 g/mol. The van der Waals surface area contributed by atoms with Crippen molar-refractivity contribution in [3.63, 3.8) is 0 Å². The summed E-state index contributed by atoms with van der Waals surface area (Å²) in [5.74, 6) is 0.0957. The smallest absolute Gasteiger partial charge is 0.271 e. The summed E-state index contributed by atoms with van der Waals surface area (Å²) < 4.78 is 0. The average molecular weight is 331 g/mol. The molecule has 0 radical (unpaired) electrons. The fourth-order valence-electron chi connectivity index (χ4n) is 2.73. The van der Waals surface area contributed by atoms with Crippen LogP contribution < -0.4 is 0 Å². The third-order valence-electron chi connectivity index (χ3n) is 3.69. The van der Waals surface area contributed by atoms with E-state index in [9.17, 15) is 14.9 Å². The molecule has 1 aromatic carbocycles. The summed E-state index contributed by atoms with van der Waals surface area (Å²) >= 11 is 11.7. The molecule has 0 aliphatic heterocycles. The molecule has 0 spiro atoms. The van der Waals surface area contributed by atoms with E-state index in [0.29, 0.717) is 12.4 Å². The predicted molar refractivity (Wildman–Crippen MR) is 82.1 cm³/mol. The number of nitrogens with zero attached hydrogens (tertiary/aromatic N) is 2. The van der Waals surface area contributed by atoms with E-state index >= 15 is 0 Å². The lowest BCUT2D eigenvalue weighted by atomic mass is 10.1. The molecule has 0 N–H and O–H groups in total. The maximum atomic E-state index is 12.6. The molecule has 114 valence electrons. The highest BCUT2D eigenvalue weighted by molar-refractivity contribution is 6.31. The minimum absolute atomic E-state index is 0.161. The van der Waals surface area contributed by atoms with E-state index in [-0.39, 0.29) is 28.2 Å². The van der Waals surface area contributed by atoms with Gasteiger partial charge in [0.25, 0.3) is 11.6 Å². The van der Waals surface area contributed by atoms with Crippen LogP contribution in [0.5, 0.6) is 0 Å². The van der Waals surface area contributed by atoms with Gasteiger partial charge in [0, 0.05) is 41.2 Å². The molecule has 1 saturated carbocycles. The molecule has 1 amide bonds. The fraction of sp³-hybridized carbons (Fsp3) is 0.500. The van der Waals surface area contributed by atoms with Gasteiger partial charge in [-0.1, -0.05) is 24.4 Å². The van der Waals surface area contributed by atoms with Crippen molar-refractivity contribution >= 4 is 34.8 Å². The number of carbonyl (C=O) groups is 1. The highest BCUT2D eigenvalue weighted by Gasteiger charge is 2.28. The first-order valence-electron chi connectivity index (χ1n) is 6.85. The van der Waals surface area contributed by atoms with E-state index in [1.807, 2.05) is 0 Å². The Hall–Kier alpha value is -1.33. The Morgan fingerprint density at radius 3 is 2.57 bits per heavy atom. The maximum absolute atomic E-state index is 12.6. The first kappa shape index (κ1) is 16.0. The summed E-state index contributed by atoms with van der Waals surface area (Å²) in [4.78, 5) is 24.7. The van der Waals surface area contributed by atoms with Gasteiger partial charge in [0.05, 0.1) is 4.92 Å². The van der Waals surface area contributed by atoms with E-state index in [1.54, 1.807) is 4.90 Å². The third-order valence-corrected chi connectivity index (χ3v) is 4.08. The Morgan fingerprint density at radius 2 is 2.00 bits per heavy atom. The van der Waals surface area contributed by atoms with Crippen LogP contribution >= 0.6 is 23.2 Å². The number of benzene rings is 1. The van der Waals surface area contributed by atoms with E-state index in [1.165, 1.54) is 18.2 Å². The van der Waals surface area contributed by atoms with Crippen LogP contribution in [0.2, 0.25) is 5.02 Å². The van der Waals surface area contributed by atoms with Crippen molar-refractivity contribution in [2.75, 3.05) is 12.4 Å². The Kier molecular flexibility index (Phi) is 5.42. The molecular formula is C14H16Cl2N2O3. The maximum Gasteiger partial charge on any atom is 0.271 e. The van der Waals surface area contributed by atoms with Gasteiger partial charge in [0.2, 0.25) is 0 Å². The fourth-order valence-corrected chi connectivity index (χ4v) is 3.14. The molecule has 21 heavy (non-hydrogen) atoms. The zero-order valence-corrected chi connectivity index (χ0v) is 12.9. The van der Waals surface area contributed by atoms with Crippen molar-refractivity contribution in [2.24, 2.45) is 0 Å². The lowest BCUT2D eigenvalue weighted by Gasteiger charge is -2.28. The normalized spacial score (nSPS) is 15.1. The van der Waals surface area contributed by atoms with E-state index in [4.69, 9.17) is 23.2 Å². The van der Waals surface area contributed by atoms with Crippen LogP contribution in [0, 0.1) is 10.1 Å². The Morgan fingerprint density at radius 1 is 1.33 bits per heavy atom. The molecule has 0 atom stereocenters. The minimum Gasteiger partial charge on any atom is -0.334 e. The number of nitro groups is 1. The second-order valence-electron chi connectivity index (χ2n) is 5.08. The van der Waals surface area contributed by atoms with Crippen molar-refractivity contribution < 1.29 is 9.72 Å². The molecule has 2 rings (SSSR count). The molecule has 1 aromatic rings. The van der Waals surface area contributed by atoms with Crippen LogP contribution in [0.15, 0.2) is 18.2 Å². The third kappa shape index (κ3) is 3.86. The molecule has 0 aromatic heterocycles. The second-order valence-corrected chi connectivity index (χ2v) is 5.90. The molecule has 0 heterocycles. The molecule has 0 bridgehead atoms. The molecule has 5 nitrogen and oxygen atoms in total. The van der Waals surface area contributed by atoms with Crippen molar-refractivity contribution in [3.8, 4) is 0 Å². The zero-order chi connectivity index (χ0) is 15.4. The largest absolute Gasteiger partial charge is 0.334 e. The Balaban J connectivity index is 2.29. The number of halogens is 2. The van der Waals surface area contributed by atoms with Gasteiger partial charge in [0.1, 0.15) is 0 Å². The summed E-state index contributed by atoms with van der Waals surface area (Å²) in [5, 5.41) is 11.1. The number of hydrogen-bond acceptors (Lipinski definition) is 3. The van der Waals surface area contributed by atoms with Gasteiger partial charge in [0.15, 0.2) is 0 Å². The molecule has 0 saturated heterocycles. The molecule has 0 unspecified atom stereocenters. The number of rotatable bonds is 5. The summed E-state index contributed by atoms with van der Waals surface area (Å²) in [6, 6.07) is 4.13. The Bertz CT molecular complexity index is 545. The van der Waals surface area contributed by atoms with Gasteiger partial charge in [-0.2, -0.15) is 0 Å². The highest BCUT2D eigenvalue weighted by atomic mass is 35.5. The summed E-state index contributed by atoms with van der Waals surface area (Å²) in [6.45, 7) is 0.436. The lowest BCUT2D eigenvalue weighted by Crippen LogP contribution is -2.40. The van der Waals surface area contributed by atoms with Crippen LogP contribution in [-0.4, -0.2) is 34.2 Å². The number of nitro benzene ring substituents is 1. The van der Waals surface area contributed by atoms with Crippen molar-refractivity contribution in [1.29, 1.82) is 0 Å². The predicted octanol–water partition coefficient (Wildman–Crippen LogP) is 3.87. The lowest BCUT2D eigenvalue weighted by molar-refractivity contribution is -0.384. The van der Waals surface area contributed by atoms with Crippen LogP contribution in [0.3, 0.4) is 0 Å². The number of non-ortho nitro benzene ring substituents is 1. The van der Waals surface area contributed by atoms with Gasteiger partial charge in [-0.15, -0.1) is 11.6 Å². The first-order chi connectivity index (χ1) is 10.0. The number of amides is 1.